The third-order valence-electron chi connectivity index (χ3n) is 3.81. The van der Waals surface area contributed by atoms with Crippen molar-refractivity contribution in [2.45, 2.75) is 38.6 Å². The van der Waals surface area contributed by atoms with Crippen LogP contribution in [-0.4, -0.2) is 25.7 Å². The molecule has 1 atom stereocenters. The Bertz CT molecular complexity index is 475. The van der Waals surface area contributed by atoms with Gasteiger partial charge < -0.3 is 10.2 Å². The van der Waals surface area contributed by atoms with Crippen molar-refractivity contribution in [1.82, 2.24) is 5.32 Å². The number of benzene rings is 1. The van der Waals surface area contributed by atoms with Crippen LogP contribution in [0.3, 0.4) is 0 Å². The fourth-order valence-electron chi connectivity index (χ4n) is 2.70. The van der Waals surface area contributed by atoms with E-state index in [0.717, 1.165) is 41.8 Å². The van der Waals surface area contributed by atoms with Gasteiger partial charge in [0.2, 0.25) is 0 Å². The SMILES string of the molecule is CCCCN(CC1CCCN1)c1cc(Br)ccc1C#N. The van der Waals surface area contributed by atoms with Crippen LogP contribution in [0.25, 0.3) is 0 Å². The summed E-state index contributed by atoms with van der Waals surface area (Å²) < 4.78 is 1.03. The highest BCUT2D eigenvalue weighted by molar-refractivity contribution is 9.10. The van der Waals surface area contributed by atoms with E-state index < -0.39 is 0 Å². The Labute approximate surface area is 130 Å². The Morgan fingerprint density at radius 2 is 2.35 bits per heavy atom. The average Bonchev–Trinajstić information content (AvgIpc) is 2.96. The number of unbranched alkanes of at least 4 members (excludes halogenated alkanes) is 1. The molecule has 0 bridgehead atoms. The van der Waals surface area contributed by atoms with Crippen LogP contribution in [0.4, 0.5) is 5.69 Å². The molecular formula is C16H22BrN3. The van der Waals surface area contributed by atoms with Crippen molar-refractivity contribution in [2.24, 2.45) is 0 Å². The van der Waals surface area contributed by atoms with Crippen LogP contribution < -0.4 is 10.2 Å². The van der Waals surface area contributed by atoms with Gasteiger partial charge in [-0.25, -0.2) is 0 Å². The van der Waals surface area contributed by atoms with Crippen LogP contribution in [0.5, 0.6) is 0 Å². The van der Waals surface area contributed by atoms with Crippen LogP contribution >= 0.6 is 15.9 Å². The van der Waals surface area contributed by atoms with Crippen molar-refractivity contribution >= 4 is 21.6 Å². The van der Waals surface area contributed by atoms with Gasteiger partial charge in [0.1, 0.15) is 6.07 Å². The van der Waals surface area contributed by atoms with Crippen molar-refractivity contribution in [1.29, 1.82) is 5.26 Å². The normalized spacial score (nSPS) is 17.9. The quantitative estimate of drug-likeness (QED) is 0.861. The Morgan fingerprint density at radius 1 is 1.50 bits per heavy atom. The van der Waals surface area contributed by atoms with Gasteiger partial charge in [0.05, 0.1) is 11.3 Å². The molecule has 0 radical (unpaired) electrons. The standard InChI is InChI=1S/C16H22BrN3/c1-2-3-9-20(12-15-5-4-8-19-15)16-10-14(17)7-6-13(16)11-18/h6-7,10,15,19H,2-5,8-9,12H2,1H3. The first kappa shape index (κ1) is 15.3. The van der Waals surface area contributed by atoms with Gasteiger partial charge in [0, 0.05) is 23.6 Å². The summed E-state index contributed by atoms with van der Waals surface area (Å²) in [5.74, 6) is 0. The molecule has 1 aromatic rings. The maximum absolute atomic E-state index is 9.34. The second-order valence-corrected chi connectivity index (χ2v) is 6.28. The van der Waals surface area contributed by atoms with Crippen LogP contribution in [0.1, 0.15) is 38.2 Å². The van der Waals surface area contributed by atoms with Crippen molar-refractivity contribution in [3.63, 3.8) is 0 Å². The molecule has 1 fully saturated rings. The lowest BCUT2D eigenvalue weighted by atomic mass is 10.1. The molecule has 1 unspecified atom stereocenters. The summed E-state index contributed by atoms with van der Waals surface area (Å²) in [6.45, 7) is 5.33. The predicted octanol–water partition coefficient (Wildman–Crippen LogP) is 3.68. The van der Waals surface area contributed by atoms with Crippen LogP contribution in [0.2, 0.25) is 0 Å². The molecule has 4 heteroatoms. The number of anilines is 1. The Morgan fingerprint density at radius 3 is 3.00 bits per heavy atom. The van der Waals surface area contributed by atoms with Crippen LogP contribution in [-0.2, 0) is 0 Å². The summed E-state index contributed by atoms with van der Waals surface area (Å²) in [7, 11) is 0. The van der Waals surface area contributed by atoms with E-state index in [1.807, 2.05) is 12.1 Å². The molecule has 1 aliphatic rings. The van der Waals surface area contributed by atoms with E-state index in [2.05, 4.69) is 45.2 Å². The first-order chi connectivity index (χ1) is 9.74. The molecule has 3 nitrogen and oxygen atoms in total. The molecule has 0 spiro atoms. The van der Waals surface area contributed by atoms with Gasteiger partial charge in [-0.2, -0.15) is 5.26 Å². The molecule has 2 rings (SSSR count). The second kappa shape index (κ2) is 7.66. The second-order valence-electron chi connectivity index (χ2n) is 5.37. The van der Waals surface area contributed by atoms with Gasteiger partial charge >= 0.3 is 0 Å². The monoisotopic (exact) mass is 335 g/mol. The van der Waals surface area contributed by atoms with E-state index >= 15 is 0 Å². The highest BCUT2D eigenvalue weighted by atomic mass is 79.9. The first-order valence-electron chi connectivity index (χ1n) is 7.42. The topological polar surface area (TPSA) is 39.1 Å². The summed E-state index contributed by atoms with van der Waals surface area (Å²) in [6.07, 6.45) is 4.82. The van der Waals surface area contributed by atoms with E-state index in [4.69, 9.17) is 0 Å². The number of halogens is 1. The fourth-order valence-corrected chi connectivity index (χ4v) is 3.05. The zero-order chi connectivity index (χ0) is 14.4. The number of rotatable bonds is 6. The first-order valence-corrected chi connectivity index (χ1v) is 8.22. The highest BCUT2D eigenvalue weighted by Crippen LogP contribution is 2.26. The number of hydrogen-bond donors (Lipinski definition) is 1. The maximum Gasteiger partial charge on any atom is 0.101 e. The number of nitrogens with one attached hydrogen (secondary N) is 1. The van der Waals surface area contributed by atoms with Gasteiger partial charge in [0.25, 0.3) is 0 Å². The van der Waals surface area contributed by atoms with Gasteiger partial charge in [0.15, 0.2) is 0 Å². The summed E-state index contributed by atoms with van der Waals surface area (Å²) in [4.78, 5) is 2.37. The number of nitrogens with zero attached hydrogens (tertiary/aromatic N) is 2. The van der Waals surface area contributed by atoms with Gasteiger partial charge in [-0.3, -0.25) is 0 Å². The minimum Gasteiger partial charge on any atom is -0.369 e. The number of nitriles is 1. The van der Waals surface area contributed by atoms with Crippen molar-refractivity contribution in [3.05, 3.63) is 28.2 Å². The van der Waals surface area contributed by atoms with E-state index in [0.29, 0.717) is 6.04 Å². The summed E-state index contributed by atoms with van der Waals surface area (Å²) in [5.41, 5.74) is 1.83. The van der Waals surface area contributed by atoms with Crippen molar-refractivity contribution < 1.29 is 0 Å². The lowest BCUT2D eigenvalue weighted by Crippen LogP contribution is -2.38. The Balaban J connectivity index is 2.20. The van der Waals surface area contributed by atoms with E-state index in [-0.39, 0.29) is 0 Å². The Hall–Kier alpha value is -1.05. The highest BCUT2D eigenvalue weighted by Gasteiger charge is 2.19. The largest absolute Gasteiger partial charge is 0.369 e. The van der Waals surface area contributed by atoms with Gasteiger partial charge in [-0.15, -0.1) is 0 Å². The molecule has 0 saturated carbocycles. The van der Waals surface area contributed by atoms with E-state index in [9.17, 15) is 5.26 Å². The maximum atomic E-state index is 9.34. The molecule has 20 heavy (non-hydrogen) atoms. The predicted molar refractivity (Wildman–Crippen MR) is 87.0 cm³/mol. The van der Waals surface area contributed by atoms with Gasteiger partial charge in [-0.05, 0) is 44.0 Å². The summed E-state index contributed by atoms with van der Waals surface area (Å²) >= 11 is 3.52. The molecular weight excluding hydrogens is 314 g/mol. The lowest BCUT2D eigenvalue weighted by molar-refractivity contribution is 0.572. The Kier molecular flexibility index (Phi) is 5.87. The van der Waals surface area contributed by atoms with E-state index in [1.54, 1.807) is 0 Å². The summed E-state index contributed by atoms with van der Waals surface area (Å²) in [5, 5.41) is 12.9. The zero-order valence-electron chi connectivity index (χ0n) is 12.0. The molecule has 1 heterocycles. The third-order valence-corrected chi connectivity index (χ3v) is 4.30. The third kappa shape index (κ3) is 3.97. The van der Waals surface area contributed by atoms with Crippen molar-refractivity contribution in [3.8, 4) is 6.07 Å². The lowest BCUT2D eigenvalue weighted by Gasteiger charge is -2.29. The molecule has 1 N–H and O–H groups in total. The smallest absolute Gasteiger partial charge is 0.101 e. The minimum atomic E-state index is 0.553. The fraction of sp³-hybridized carbons (Fsp3) is 0.562. The van der Waals surface area contributed by atoms with Crippen LogP contribution in [0.15, 0.2) is 22.7 Å². The molecule has 1 aromatic carbocycles. The minimum absolute atomic E-state index is 0.553. The van der Waals surface area contributed by atoms with Crippen molar-refractivity contribution in [2.75, 3.05) is 24.5 Å². The summed E-state index contributed by atoms with van der Waals surface area (Å²) in [6, 6.07) is 8.79. The zero-order valence-corrected chi connectivity index (χ0v) is 13.6. The number of hydrogen-bond acceptors (Lipinski definition) is 3. The molecule has 0 aliphatic carbocycles. The van der Waals surface area contributed by atoms with Gasteiger partial charge in [-0.1, -0.05) is 29.3 Å². The molecule has 1 saturated heterocycles. The average molecular weight is 336 g/mol. The molecule has 0 amide bonds. The van der Waals surface area contributed by atoms with E-state index in [1.165, 1.54) is 19.3 Å². The molecule has 1 aliphatic heterocycles. The van der Waals surface area contributed by atoms with Crippen LogP contribution in [0, 0.1) is 11.3 Å². The molecule has 108 valence electrons. The molecule has 0 aromatic heterocycles.